The molecule has 1 atom stereocenters. The maximum absolute atomic E-state index is 3.74. The van der Waals surface area contributed by atoms with Crippen LogP contribution < -0.4 is 5.32 Å². The van der Waals surface area contributed by atoms with E-state index < -0.39 is 0 Å². The maximum atomic E-state index is 3.74. The standard InChI is InChI=1S/C10H14INS/c1-3-4-5-9(12-2)8-6-10(11)13-7-8/h3,6-7,9,12H,1,4-5H2,2H3. The summed E-state index contributed by atoms with van der Waals surface area (Å²) in [7, 11) is 2.01. The first-order valence-corrected chi connectivity index (χ1v) is 6.26. The summed E-state index contributed by atoms with van der Waals surface area (Å²) in [6.07, 6.45) is 4.17. The molecular formula is C10H14INS. The highest BCUT2D eigenvalue weighted by molar-refractivity contribution is 14.1. The van der Waals surface area contributed by atoms with Crippen molar-refractivity contribution >= 4 is 33.9 Å². The van der Waals surface area contributed by atoms with Gasteiger partial charge in [0.15, 0.2) is 0 Å². The van der Waals surface area contributed by atoms with Crippen LogP contribution in [0.4, 0.5) is 0 Å². The van der Waals surface area contributed by atoms with Gasteiger partial charge in [-0.25, -0.2) is 0 Å². The molecular weight excluding hydrogens is 293 g/mol. The lowest BCUT2D eigenvalue weighted by atomic mass is 10.1. The molecule has 1 aromatic rings. The molecule has 1 heterocycles. The number of allylic oxidation sites excluding steroid dienone is 1. The monoisotopic (exact) mass is 307 g/mol. The van der Waals surface area contributed by atoms with Crippen LogP contribution in [0.2, 0.25) is 0 Å². The Morgan fingerprint density at radius 1 is 1.77 bits per heavy atom. The van der Waals surface area contributed by atoms with Gasteiger partial charge in [0.1, 0.15) is 0 Å². The van der Waals surface area contributed by atoms with Crippen molar-refractivity contribution in [2.45, 2.75) is 18.9 Å². The first kappa shape index (κ1) is 11.2. The van der Waals surface area contributed by atoms with Gasteiger partial charge in [-0.2, -0.15) is 0 Å². The SMILES string of the molecule is C=CCCC(NC)c1csc(I)c1. The van der Waals surface area contributed by atoms with Gasteiger partial charge < -0.3 is 5.32 Å². The van der Waals surface area contributed by atoms with Gasteiger partial charge in [0.25, 0.3) is 0 Å². The summed E-state index contributed by atoms with van der Waals surface area (Å²) in [5.74, 6) is 0. The molecule has 0 spiro atoms. The molecule has 1 aromatic heterocycles. The molecule has 0 amide bonds. The second-order valence-electron chi connectivity index (χ2n) is 2.89. The van der Waals surface area contributed by atoms with Gasteiger partial charge in [-0.1, -0.05) is 6.08 Å². The van der Waals surface area contributed by atoms with E-state index in [2.05, 4.69) is 45.9 Å². The molecule has 0 aliphatic carbocycles. The Kier molecular flexibility index (Phi) is 4.98. The van der Waals surface area contributed by atoms with E-state index in [0.29, 0.717) is 6.04 Å². The summed E-state index contributed by atoms with van der Waals surface area (Å²) in [4.78, 5) is 0. The Morgan fingerprint density at radius 2 is 2.54 bits per heavy atom. The van der Waals surface area contributed by atoms with Crippen molar-refractivity contribution in [3.63, 3.8) is 0 Å². The lowest BCUT2D eigenvalue weighted by molar-refractivity contribution is 0.556. The summed E-state index contributed by atoms with van der Waals surface area (Å²) in [6, 6.07) is 2.73. The average Bonchev–Trinajstić information content (AvgIpc) is 2.54. The number of rotatable bonds is 5. The lowest BCUT2D eigenvalue weighted by Crippen LogP contribution is -2.15. The molecule has 0 saturated carbocycles. The fraction of sp³-hybridized carbons (Fsp3) is 0.400. The highest BCUT2D eigenvalue weighted by Crippen LogP contribution is 2.24. The van der Waals surface area contributed by atoms with Crippen LogP contribution in [0.25, 0.3) is 0 Å². The van der Waals surface area contributed by atoms with Gasteiger partial charge in [0.05, 0.1) is 2.88 Å². The smallest absolute Gasteiger partial charge is 0.0656 e. The molecule has 0 aromatic carbocycles. The molecule has 1 nitrogen and oxygen atoms in total. The predicted molar refractivity (Wildman–Crippen MR) is 68.3 cm³/mol. The topological polar surface area (TPSA) is 12.0 Å². The Hall–Kier alpha value is 0.130. The molecule has 0 radical (unpaired) electrons. The molecule has 0 fully saturated rings. The Balaban J connectivity index is 2.60. The Labute approximate surface area is 97.4 Å². The first-order chi connectivity index (χ1) is 6.27. The molecule has 3 heteroatoms. The van der Waals surface area contributed by atoms with Gasteiger partial charge in [0, 0.05) is 6.04 Å². The average molecular weight is 307 g/mol. The minimum absolute atomic E-state index is 0.484. The highest BCUT2D eigenvalue weighted by atomic mass is 127. The summed E-state index contributed by atoms with van der Waals surface area (Å²) >= 11 is 4.16. The van der Waals surface area contributed by atoms with Gasteiger partial charge in [-0.3, -0.25) is 0 Å². The van der Waals surface area contributed by atoms with Crippen LogP contribution in [0.15, 0.2) is 24.1 Å². The number of thiophene rings is 1. The van der Waals surface area contributed by atoms with Crippen LogP contribution in [0.3, 0.4) is 0 Å². The molecule has 72 valence electrons. The van der Waals surface area contributed by atoms with E-state index in [0.717, 1.165) is 12.8 Å². The van der Waals surface area contributed by atoms with Crippen molar-refractivity contribution in [2.75, 3.05) is 7.05 Å². The summed E-state index contributed by atoms with van der Waals surface area (Å²) in [5, 5.41) is 5.55. The molecule has 1 rings (SSSR count). The zero-order valence-corrected chi connectivity index (χ0v) is 10.7. The third-order valence-corrected chi connectivity index (χ3v) is 3.81. The van der Waals surface area contributed by atoms with Crippen molar-refractivity contribution in [3.05, 3.63) is 32.5 Å². The fourth-order valence-electron chi connectivity index (χ4n) is 1.27. The minimum atomic E-state index is 0.484. The second-order valence-corrected chi connectivity index (χ2v) is 5.70. The van der Waals surface area contributed by atoms with E-state index in [1.54, 1.807) is 11.3 Å². The van der Waals surface area contributed by atoms with Gasteiger partial charge >= 0.3 is 0 Å². The van der Waals surface area contributed by atoms with Gasteiger partial charge in [-0.15, -0.1) is 17.9 Å². The minimum Gasteiger partial charge on any atom is -0.313 e. The molecule has 1 N–H and O–H groups in total. The maximum Gasteiger partial charge on any atom is 0.0656 e. The number of hydrogen-bond acceptors (Lipinski definition) is 2. The second kappa shape index (κ2) is 5.78. The van der Waals surface area contributed by atoms with E-state index in [1.807, 2.05) is 13.1 Å². The quantitative estimate of drug-likeness (QED) is 0.647. The van der Waals surface area contributed by atoms with Gasteiger partial charge in [-0.05, 0) is 59.5 Å². The van der Waals surface area contributed by atoms with Crippen molar-refractivity contribution in [1.29, 1.82) is 0 Å². The third-order valence-electron chi connectivity index (χ3n) is 2.00. The van der Waals surface area contributed by atoms with Crippen molar-refractivity contribution in [3.8, 4) is 0 Å². The normalized spacial score (nSPS) is 12.8. The Bertz CT molecular complexity index is 270. The predicted octanol–water partition coefficient (Wildman–Crippen LogP) is 3.58. The zero-order valence-electron chi connectivity index (χ0n) is 7.72. The summed E-state index contributed by atoms with van der Waals surface area (Å²) in [5.41, 5.74) is 1.40. The molecule has 0 bridgehead atoms. The molecule has 0 aliphatic rings. The number of hydrogen-bond donors (Lipinski definition) is 1. The Morgan fingerprint density at radius 3 is 3.00 bits per heavy atom. The summed E-state index contributed by atoms with van der Waals surface area (Å²) in [6.45, 7) is 3.74. The van der Waals surface area contributed by atoms with Crippen LogP contribution in [-0.2, 0) is 0 Å². The molecule has 1 unspecified atom stereocenters. The highest BCUT2D eigenvalue weighted by Gasteiger charge is 2.09. The zero-order chi connectivity index (χ0) is 9.68. The lowest BCUT2D eigenvalue weighted by Gasteiger charge is -2.13. The molecule has 0 aliphatic heterocycles. The third kappa shape index (κ3) is 3.40. The van der Waals surface area contributed by atoms with Crippen LogP contribution in [0, 0.1) is 2.88 Å². The van der Waals surface area contributed by atoms with E-state index >= 15 is 0 Å². The van der Waals surface area contributed by atoms with Crippen molar-refractivity contribution in [1.82, 2.24) is 5.32 Å². The van der Waals surface area contributed by atoms with E-state index in [-0.39, 0.29) is 0 Å². The fourth-order valence-corrected chi connectivity index (χ4v) is 2.69. The van der Waals surface area contributed by atoms with Crippen LogP contribution >= 0.6 is 33.9 Å². The van der Waals surface area contributed by atoms with Gasteiger partial charge in [0.2, 0.25) is 0 Å². The van der Waals surface area contributed by atoms with Crippen LogP contribution in [0.5, 0.6) is 0 Å². The molecule has 0 saturated heterocycles. The van der Waals surface area contributed by atoms with E-state index in [1.165, 1.54) is 8.45 Å². The van der Waals surface area contributed by atoms with E-state index in [9.17, 15) is 0 Å². The van der Waals surface area contributed by atoms with Crippen molar-refractivity contribution < 1.29 is 0 Å². The van der Waals surface area contributed by atoms with Crippen LogP contribution in [-0.4, -0.2) is 7.05 Å². The van der Waals surface area contributed by atoms with Crippen molar-refractivity contribution in [2.24, 2.45) is 0 Å². The largest absolute Gasteiger partial charge is 0.313 e. The molecule has 13 heavy (non-hydrogen) atoms. The van der Waals surface area contributed by atoms with E-state index in [4.69, 9.17) is 0 Å². The summed E-state index contributed by atoms with van der Waals surface area (Å²) < 4.78 is 1.35. The number of nitrogens with one attached hydrogen (secondary N) is 1. The van der Waals surface area contributed by atoms with Crippen LogP contribution in [0.1, 0.15) is 24.4 Å². The first-order valence-electron chi connectivity index (χ1n) is 4.30. The number of halogens is 1.